The zero-order chi connectivity index (χ0) is 6.85. The van der Waals surface area contributed by atoms with Gasteiger partial charge in [0.25, 0.3) is 5.56 Å². The summed E-state index contributed by atoms with van der Waals surface area (Å²) in [5, 5.41) is 0. The van der Waals surface area contributed by atoms with Crippen LogP contribution in [0.25, 0.3) is 0 Å². The summed E-state index contributed by atoms with van der Waals surface area (Å²) in [7, 11) is 0. The van der Waals surface area contributed by atoms with Gasteiger partial charge in [0, 0.05) is 11.8 Å². The summed E-state index contributed by atoms with van der Waals surface area (Å²) in [6.07, 6.45) is 1.38. The zero-order valence-corrected chi connectivity index (χ0v) is 4.89. The van der Waals surface area contributed by atoms with E-state index in [0.717, 1.165) is 0 Å². The van der Waals surface area contributed by atoms with Crippen LogP contribution in [0.1, 0.15) is 5.56 Å². The van der Waals surface area contributed by atoms with E-state index in [4.69, 9.17) is 0 Å². The summed E-state index contributed by atoms with van der Waals surface area (Å²) in [6, 6.07) is 0. The average Bonchev–Trinajstić information content (AvgIpc) is 1.80. The molecular weight excluding hydrogens is 159 g/mol. The van der Waals surface area contributed by atoms with Crippen molar-refractivity contribution in [2.24, 2.45) is 0 Å². The van der Waals surface area contributed by atoms with Crippen molar-refractivity contribution >= 4 is 51.4 Å². The second-order valence-electron chi connectivity index (χ2n) is 1.75. The average molecular weight is 166 g/mol. The first kappa shape index (κ1) is 10.3. The molecule has 0 fully saturated rings. The molecule has 1 heterocycles. The van der Waals surface area contributed by atoms with Crippen LogP contribution in [0, 0.1) is 6.92 Å². The van der Waals surface area contributed by atoms with Crippen LogP contribution >= 0.6 is 0 Å². The molecule has 0 amide bonds. The first-order valence-corrected chi connectivity index (χ1v) is 2.49. The number of hydrogen-bond donors (Lipinski definition) is 2. The van der Waals surface area contributed by atoms with E-state index in [9.17, 15) is 9.59 Å². The van der Waals surface area contributed by atoms with Crippen molar-refractivity contribution < 1.29 is 0 Å². The van der Waals surface area contributed by atoms with Crippen molar-refractivity contribution in [2.45, 2.75) is 6.92 Å². The standard InChI is InChI=1S/C5H6N2O2.K.H/c1-3-2-6-5(9)7-4(3)8;;/h2H,1H3,(H2,6,7,8,9);;. The predicted molar refractivity (Wildman–Crippen MR) is 39.6 cm³/mol. The molecular formula is C5H7KN2O2. The zero-order valence-electron chi connectivity index (χ0n) is 4.89. The molecule has 0 saturated carbocycles. The fourth-order valence-electron chi connectivity index (χ4n) is 0.477. The Hall–Kier alpha value is 0.316. The van der Waals surface area contributed by atoms with E-state index in [2.05, 4.69) is 9.97 Å². The molecule has 10 heavy (non-hydrogen) atoms. The Morgan fingerprint density at radius 2 is 2.00 bits per heavy atom. The molecule has 1 aromatic heterocycles. The van der Waals surface area contributed by atoms with Gasteiger partial charge in [0.05, 0.1) is 0 Å². The Kier molecular flexibility index (Phi) is 4.38. The molecule has 0 aliphatic carbocycles. The van der Waals surface area contributed by atoms with Crippen molar-refractivity contribution in [1.29, 1.82) is 0 Å². The predicted octanol–water partition coefficient (Wildman–Crippen LogP) is -1.28. The number of hydrogen-bond acceptors (Lipinski definition) is 2. The van der Waals surface area contributed by atoms with Crippen LogP contribution in [0.2, 0.25) is 0 Å². The molecule has 0 radical (unpaired) electrons. The molecule has 0 saturated heterocycles. The number of aryl methyl sites for hydroxylation is 1. The molecule has 0 aliphatic rings. The van der Waals surface area contributed by atoms with Crippen LogP contribution in [0.4, 0.5) is 0 Å². The Balaban J connectivity index is 0.000000810. The fourth-order valence-corrected chi connectivity index (χ4v) is 0.477. The van der Waals surface area contributed by atoms with E-state index in [0.29, 0.717) is 5.56 Å². The molecule has 0 unspecified atom stereocenters. The maximum absolute atomic E-state index is 10.6. The summed E-state index contributed by atoms with van der Waals surface area (Å²) in [4.78, 5) is 25.3. The van der Waals surface area contributed by atoms with Crippen LogP contribution in [-0.4, -0.2) is 61.4 Å². The maximum atomic E-state index is 10.6. The Morgan fingerprint density at radius 1 is 1.40 bits per heavy atom. The van der Waals surface area contributed by atoms with Gasteiger partial charge in [-0.3, -0.25) is 9.78 Å². The third kappa shape index (κ3) is 2.51. The number of aromatic nitrogens is 2. The van der Waals surface area contributed by atoms with Gasteiger partial charge in [-0.2, -0.15) is 0 Å². The van der Waals surface area contributed by atoms with Crippen molar-refractivity contribution in [3.05, 3.63) is 32.6 Å². The van der Waals surface area contributed by atoms with Crippen LogP contribution < -0.4 is 11.2 Å². The minimum atomic E-state index is -0.467. The summed E-state index contributed by atoms with van der Waals surface area (Å²) in [5.41, 5.74) is -0.293. The van der Waals surface area contributed by atoms with Crippen LogP contribution in [0.5, 0.6) is 0 Å². The normalized spacial score (nSPS) is 8.50. The number of nitrogens with one attached hydrogen (secondary N) is 2. The Morgan fingerprint density at radius 3 is 2.40 bits per heavy atom. The molecule has 4 nitrogen and oxygen atoms in total. The topological polar surface area (TPSA) is 65.7 Å². The van der Waals surface area contributed by atoms with Crippen LogP contribution in [0.3, 0.4) is 0 Å². The summed E-state index contributed by atoms with van der Waals surface area (Å²) < 4.78 is 0. The number of H-pyrrole nitrogens is 2. The van der Waals surface area contributed by atoms with Gasteiger partial charge in [0.2, 0.25) is 0 Å². The third-order valence-electron chi connectivity index (χ3n) is 1.00. The minimum absolute atomic E-state index is 0. The molecule has 0 bridgehead atoms. The quantitative estimate of drug-likeness (QED) is 0.472. The SMILES string of the molecule is Cc1c[nH]c(=O)[nH]c1=O.[KH]. The molecule has 0 atom stereocenters. The van der Waals surface area contributed by atoms with E-state index in [1.165, 1.54) is 6.20 Å². The van der Waals surface area contributed by atoms with Gasteiger partial charge >= 0.3 is 57.1 Å². The van der Waals surface area contributed by atoms with Crippen molar-refractivity contribution in [3.8, 4) is 0 Å². The van der Waals surface area contributed by atoms with Gasteiger partial charge in [-0.1, -0.05) is 0 Å². The number of aromatic amines is 2. The van der Waals surface area contributed by atoms with E-state index >= 15 is 0 Å². The van der Waals surface area contributed by atoms with E-state index in [1.807, 2.05) is 0 Å². The fraction of sp³-hybridized carbons (Fsp3) is 0.200. The van der Waals surface area contributed by atoms with Gasteiger partial charge in [-0.05, 0) is 6.92 Å². The van der Waals surface area contributed by atoms with Crippen LogP contribution in [0.15, 0.2) is 15.8 Å². The van der Waals surface area contributed by atoms with E-state index in [-0.39, 0.29) is 56.9 Å². The molecule has 2 N–H and O–H groups in total. The van der Waals surface area contributed by atoms with Gasteiger partial charge < -0.3 is 4.98 Å². The molecule has 0 spiro atoms. The molecule has 5 heteroatoms. The van der Waals surface area contributed by atoms with E-state index in [1.54, 1.807) is 6.92 Å². The second kappa shape index (κ2) is 4.25. The summed E-state index contributed by atoms with van der Waals surface area (Å²) in [5.74, 6) is 0. The molecule has 1 rings (SSSR count). The molecule has 50 valence electrons. The second-order valence-corrected chi connectivity index (χ2v) is 1.75. The van der Waals surface area contributed by atoms with Crippen LogP contribution in [-0.2, 0) is 0 Å². The molecule has 0 aliphatic heterocycles. The first-order chi connectivity index (χ1) is 4.20. The summed E-state index contributed by atoms with van der Waals surface area (Å²) in [6.45, 7) is 1.62. The van der Waals surface area contributed by atoms with Crippen molar-refractivity contribution in [3.63, 3.8) is 0 Å². The first-order valence-electron chi connectivity index (χ1n) is 2.49. The van der Waals surface area contributed by atoms with Gasteiger partial charge in [-0.15, -0.1) is 0 Å². The third-order valence-corrected chi connectivity index (χ3v) is 1.00. The molecule has 0 aromatic carbocycles. The Labute approximate surface area is 99.5 Å². The van der Waals surface area contributed by atoms with E-state index < -0.39 is 5.69 Å². The monoisotopic (exact) mass is 166 g/mol. The van der Waals surface area contributed by atoms with Crippen molar-refractivity contribution in [1.82, 2.24) is 9.97 Å². The molecule has 1 aromatic rings. The summed E-state index contributed by atoms with van der Waals surface area (Å²) >= 11 is 0. The van der Waals surface area contributed by atoms with Gasteiger partial charge in [0.1, 0.15) is 0 Å². The Bertz CT molecular complexity index is 314. The van der Waals surface area contributed by atoms with Crippen molar-refractivity contribution in [2.75, 3.05) is 0 Å². The van der Waals surface area contributed by atoms with Gasteiger partial charge in [0.15, 0.2) is 0 Å². The number of rotatable bonds is 0. The van der Waals surface area contributed by atoms with Gasteiger partial charge in [-0.25, -0.2) is 4.79 Å².